The van der Waals surface area contributed by atoms with Gasteiger partial charge in [-0.25, -0.2) is 13.6 Å². The van der Waals surface area contributed by atoms with Gasteiger partial charge in [0.15, 0.2) is 6.17 Å². The van der Waals surface area contributed by atoms with Gasteiger partial charge in [0.25, 0.3) is 0 Å². The summed E-state index contributed by atoms with van der Waals surface area (Å²) in [6, 6.07) is 4.37. The van der Waals surface area contributed by atoms with Crippen LogP contribution >= 0.6 is 0 Å². The van der Waals surface area contributed by atoms with Crippen molar-refractivity contribution in [2.24, 2.45) is 0 Å². The Morgan fingerprint density at radius 1 is 1.43 bits per heavy atom. The summed E-state index contributed by atoms with van der Waals surface area (Å²) in [7, 11) is 0. The first-order valence-electron chi connectivity index (χ1n) is 4.24. The fourth-order valence-electron chi connectivity index (χ4n) is 1.80. The van der Waals surface area contributed by atoms with Crippen LogP contribution in [0.5, 0.6) is 0 Å². The minimum absolute atomic E-state index is 0.00694. The number of benzene rings is 1. The second-order valence-electron chi connectivity index (χ2n) is 3.31. The number of rotatable bonds is 1. The van der Waals surface area contributed by atoms with Crippen LogP contribution in [0.2, 0.25) is 0 Å². The lowest BCUT2D eigenvalue weighted by Crippen LogP contribution is -2.06. The van der Waals surface area contributed by atoms with Crippen molar-refractivity contribution in [1.29, 1.82) is 0 Å². The summed E-state index contributed by atoms with van der Waals surface area (Å²) < 4.78 is 26.3. The molecule has 0 heterocycles. The molecule has 1 aromatic rings. The van der Waals surface area contributed by atoms with E-state index in [0.29, 0.717) is 5.56 Å². The monoisotopic (exact) mass is 198 g/mol. The van der Waals surface area contributed by atoms with Gasteiger partial charge in [-0.05, 0) is 11.6 Å². The highest BCUT2D eigenvalue weighted by molar-refractivity contribution is 5.90. The number of aromatic carboxylic acids is 1. The van der Waals surface area contributed by atoms with Gasteiger partial charge < -0.3 is 5.11 Å². The largest absolute Gasteiger partial charge is 0.478 e. The maximum Gasteiger partial charge on any atom is 0.336 e. The molecule has 2 nitrogen and oxygen atoms in total. The molecule has 2 rings (SSSR count). The first kappa shape index (κ1) is 9.12. The number of fused-ring (bicyclic) bond motifs is 1. The summed E-state index contributed by atoms with van der Waals surface area (Å²) in [5.41, 5.74) is 0.340. The zero-order valence-corrected chi connectivity index (χ0v) is 7.21. The van der Waals surface area contributed by atoms with Crippen LogP contribution in [0.3, 0.4) is 0 Å². The molecule has 14 heavy (non-hydrogen) atoms. The summed E-state index contributed by atoms with van der Waals surface area (Å²) in [5, 5.41) is 8.76. The molecule has 2 unspecified atom stereocenters. The number of hydrogen-bond donors (Lipinski definition) is 1. The third-order valence-corrected chi connectivity index (χ3v) is 2.44. The van der Waals surface area contributed by atoms with Crippen LogP contribution < -0.4 is 0 Å². The lowest BCUT2D eigenvalue weighted by molar-refractivity contribution is 0.0692. The van der Waals surface area contributed by atoms with E-state index in [1.54, 1.807) is 6.07 Å². The Labute approximate surface area is 79.2 Å². The van der Waals surface area contributed by atoms with Crippen LogP contribution in [-0.4, -0.2) is 17.2 Å². The van der Waals surface area contributed by atoms with Gasteiger partial charge in [-0.15, -0.1) is 0 Å². The third kappa shape index (κ3) is 1.18. The Balaban J connectivity index is 2.58. The van der Waals surface area contributed by atoms with Gasteiger partial charge in [0.05, 0.1) is 5.56 Å². The molecule has 1 aliphatic carbocycles. The molecule has 1 N–H and O–H groups in total. The summed E-state index contributed by atoms with van der Waals surface area (Å²) in [6.07, 6.45) is -3.43. The lowest BCUT2D eigenvalue weighted by atomic mass is 10.0. The standard InChI is InChI=1S/C10H8F2O2/c11-7-4-5-2-1-3-6(10(13)14)8(5)9(7)12/h1-3,7,9H,4H2,(H,13,14). The Hall–Kier alpha value is -1.45. The van der Waals surface area contributed by atoms with E-state index in [1.807, 2.05) is 0 Å². The lowest BCUT2D eigenvalue weighted by Gasteiger charge is -2.06. The van der Waals surface area contributed by atoms with Gasteiger partial charge in [0.2, 0.25) is 0 Å². The molecule has 4 heteroatoms. The molecular formula is C10H8F2O2. The number of halogens is 2. The van der Waals surface area contributed by atoms with Crippen LogP contribution in [0, 0.1) is 0 Å². The van der Waals surface area contributed by atoms with Gasteiger partial charge in [-0.3, -0.25) is 0 Å². The Morgan fingerprint density at radius 2 is 2.14 bits per heavy atom. The van der Waals surface area contributed by atoms with Gasteiger partial charge >= 0.3 is 5.97 Å². The molecule has 0 fully saturated rings. The first-order chi connectivity index (χ1) is 6.61. The van der Waals surface area contributed by atoms with E-state index < -0.39 is 18.3 Å². The second-order valence-corrected chi connectivity index (χ2v) is 3.31. The maximum absolute atomic E-state index is 13.3. The van der Waals surface area contributed by atoms with Crippen molar-refractivity contribution >= 4 is 5.97 Å². The van der Waals surface area contributed by atoms with E-state index >= 15 is 0 Å². The minimum atomic E-state index is -1.79. The van der Waals surface area contributed by atoms with Crippen molar-refractivity contribution in [2.75, 3.05) is 0 Å². The average molecular weight is 198 g/mol. The highest BCUT2D eigenvalue weighted by Gasteiger charge is 2.35. The fraction of sp³-hybridized carbons (Fsp3) is 0.300. The van der Waals surface area contributed by atoms with E-state index in [4.69, 9.17) is 5.11 Å². The number of carboxylic acid groups (broad SMARTS) is 1. The van der Waals surface area contributed by atoms with Crippen molar-refractivity contribution in [3.8, 4) is 0 Å². The SMILES string of the molecule is O=C(O)c1cccc2c1C(F)C(F)C2. The number of hydrogen-bond acceptors (Lipinski definition) is 1. The topological polar surface area (TPSA) is 37.3 Å². The van der Waals surface area contributed by atoms with E-state index in [2.05, 4.69) is 0 Å². The van der Waals surface area contributed by atoms with Gasteiger partial charge in [0, 0.05) is 12.0 Å². The predicted octanol–water partition coefficient (Wildman–Crippen LogP) is 2.29. The Bertz CT molecular complexity index is 390. The molecule has 0 saturated carbocycles. The molecule has 1 aromatic carbocycles. The third-order valence-electron chi connectivity index (χ3n) is 2.44. The highest BCUT2D eigenvalue weighted by Crippen LogP contribution is 2.38. The summed E-state index contributed by atoms with van der Waals surface area (Å²) >= 11 is 0. The molecule has 0 aliphatic heterocycles. The zero-order valence-electron chi connectivity index (χ0n) is 7.21. The summed E-state index contributed by atoms with van der Waals surface area (Å²) in [5.74, 6) is -1.21. The summed E-state index contributed by atoms with van der Waals surface area (Å²) in [6.45, 7) is 0. The quantitative estimate of drug-likeness (QED) is 0.751. The highest BCUT2D eigenvalue weighted by atomic mass is 19.2. The molecule has 0 spiro atoms. The molecule has 0 radical (unpaired) electrons. The van der Waals surface area contributed by atoms with Crippen molar-refractivity contribution < 1.29 is 18.7 Å². The van der Waals surface area contributed by atoms with Crippen LogP contribution in [-0.2, 0) is 6.42 Å². The summed E-state index contributed by atoms with van der Waals surface area (Å²) in [4.78, 5) is 10.7. The van der Waals surface area contributed by atoms with Gasteiger partial charge in [-0.1, -0.05) is 12.1 Å². The van der Waals surface area contributed by atoms with Crippen molar-refractivity contribution in [3.63, 3.8) is 0 Å². The molecule has 0 saturated heterocycles. The molecule has 74 valence electrons. The van der Waals surface area contributed by atoms with Crippen LogP contribution in [0.4, 0.5) is 8.78 Å². The number of carboxylic acids is 1. The van der Waals surface area contributed by atoms with E-state index in [1.165, 1.54) is 12.1 Å². The van der Waals surface area contributed by atoms with Crippen molar-refractivity contribution in [1.82, 2.24) is 0 Å². The van der Waals surface area contributed by atoms with Gasteiger partial charge in [-0.2, -0.15) is 0 Å². The molecule has 0 bridgehead atoms. The first-order valence-corrected chi connectivity index (χ1v) is 4.24. The molecule has 1 aliphatic rings. The van der Waals surface area contributed by atoms with Crippen LogP contribution in [0.25, 0.3) is 0 Å². The van der Waals surface area contributed by atoms with Crippen LogP contribution in [0.1, 0.15) is 27.7 Å². The average Bonchev–Trinajstić information content (AvgIpc) is 2.43. The molecular weight excluding hydrogens is 190 g/mol. The molecule has 0 aromatic heterocycles. The smallest absolute Gasteiger partial charge is 0.336 e. The van der Waals surface area contributed by atoms with Gasteiger partial charge in [0.1, 0.15) is 6.17 Å². The molecule has 0 amide bonds. The molecule has 2 atom stereocenters. The number of carbonyl (C=O) groups is 1. The predicted molar refractivity (Wildman–Crippen MR) is 45.9 cm³/mol. The van der Waals surface area contributed by atoms with Crippen molar-refractivity contribution in [3.05, 3.63) is 34.9 Å². The van der Waals surface area contributed by atoms with E-state index in [-0.39, 0.29) is 17.5 Å². The van der Waals surface area contributed by atoms with Crippen LogP contribution in [0.15, 0.2) is 18.2 Å². The minimum Gasteiger partial charge on any atom is -0.478 e. The van der Waals surface area contributed by atoms with E-state index in [0.717, 1.165) is 0 Å². The fourth-order valence-corrected chi connectivity index (χ4v) is 1.80. The van der Waals surface area contributed by atoms with Crippen molar-refractivity contribution in [2.45, 2.75) is 18.8 Å². The Morgan fingerprint density at radius 3 is 2.79 bits per heavy atom. The zero-order chi connectivity index (χ0) is 10.3. The maximum atomic E-state index is 13.3. The number of alkyl halides is 2. The Kier molecular flexibility index (Phi) is 1.98. The second kappa shape index (κ2) is 3.04. The van der Waals surface area contributed by atoms with E-state index in [9.17, 15) is 13.6 Å². The normalized spacial score (nSPS) is 24.7.